The molecule has 0 fully saturated rings. The van der Waals surface area contributed by atoms with Crippen molar-refractivity contribution in [2.24, 2.45) is 0 Å². The predicted octanol–water partition coefficient (Wildman–Crippen LogP) is 3.98. The summed E-state index contributed by atoms with van der Waals surface area (Å²) in [5, 5.41) is 4.33. The number of ether oxygens (including phenoxy) is 2. The van der Waals surface area contributed by atoms with E-state index < -0.39 is 5.63 Å². The maximum atomic E-state index is 11.9. The molecule has 1 aromatic heterocycles. The second-order valence-electron chi connectivity index (χ2n) is 5.97. The molecule has 28 heavy (non-hydrogen) atoms. The minimum atomic E-state index is -0.461. The second kappa shape index (κ2) is 8.99. The molecule has 0 aliphatic carbocycles. The molecule has 0 radical (unpaired) electrons. The first-order valence-corrected chi connectivity index (χ1v) is 9.20. The van der Waals surface area contributed by atoms with E-state index in [0.717, 1.165) is 5.56 Å². The highest BCUT2D eigenvalue weighted by atomic mass is 35.5. The van der Waals surface area contributed by atoms with Crippen LogP contribution < -0.4 is 20.4 Å². The van der Waals surface area contributed by atoms with Gasteiger partial charge in [0.15, 0.2) is 6.61 Å². The van der Waals surface area contributed by atoms with E-state index in [0.29, 0.717) is 39.9 Å². The van der Waals surface area contributed by atoms with Gasteiger partial charge in [-0.15, -0.1) is 0 Å². The number of benzene rings is 2. The lowest BCUT2D eigenvalue weighted by Gasteiger charge is -2.11. The van der Waals surface area contributed by atoms with Gasteiger partial charge in [0.25, 0.3) is 5.91 Å². The maximum absolute atomic E-state index is 11.9. The van der Waals surface area contributed by atoms with Gasteiger partial charge in [-0.1, -0.05) is 23.2 Å². The van der Waals surface area contributed by atoms with Crippen molar-refractivity contribution < 1.29 is 18.7 Å². The fourth-order valence-corrected chi connectivity index (χ4v) is 2.86. The van der Waals surface area contributed by atoms with Gasteiger partial charge in [-0.2, -0.15) is 0 Å². The van der Waals surface area contributed by atoms with E-state index in [4.69, 9.17) is 37.1 Å². The van der Waals surface area contributed by atoms with Gasteiger partial charge in [0.1, 0.15) is 23.7 Å². The Hall–Kier alpha value is -2.70. The molecule has 0 bridgehead atoms. The summed E-state index contributed by atoms with van der Waals surface area (Å²) in [6, 6.07) is 11.5. The maximum Gasteiger partial charge on any atom is 0.336 e. The van der Waals surface area contributed by atoms with Crippen molar-refractivity contribution in [3.05, 3.63) is 68.5 Å². The Kier molecular flexibility index (Phi) is 6.44. The number of aryl methyl sites for hydroxylation is 1. The molecule has 0 spiro atoms. The molecule has 146 valence electrons. The Balaban J connectivity index is 1.50. The molecule has 0 aliphatic rings. The molecule has 1 amide bonds. The number of fused-ring (bicyclic) bond motifs is 1. The minimum absolute atomic E-state index is 0.234. The minimum Gasteiger partial charge on any atom is -0.492 e. The smallest absolute Gasteiger partial charge is 0.336 e. The van der Waals surface area contributed by atoms with Crippen molar-refractivity contribution in [2.45, 2.75) is 6.92 Å². The molecule has 3 rings (SSSR count). The van der Waals surface area contributed by atoms with Crippen molar-refractivity contribution in [1.29, 1.82) is 0 Å². The van der Waals surface area contributed by atoms with E-state index in [-0.39, 0.29) is 18.3 Å². The van der Waals surface area contributed by atoms with E-state index in [1.165, 1.54) is 12.1 Å². The zero-order valence-corrected chi connectivity index (χ0v) is 16.5. The van der Waals surface area contributed by atoms with Crippen molar-refractivity contribution in [3.8, 4) is 11.5 Å². The molecule has 0 aliphatic heterocycles. The van der Waals surface area contributed by atoms with E-state index in [9.17, 15) is 9.59 Å². The van der Waals surface area contributed by atoms with E-state index in [1.807, 2.05) is 0 Å². The SMILES string of the molecule is Cc1cc(=O)oc2cc(OCC(=O)NCCOc3ccc(Cl)cc3)c(Cl)cc12. The summed E-state index contributed by atoms with van der Waals surface area (Å²) in [6.45, 7) is 2.16. The fraction of sp³-hybridized carbons (Fsp3) is 0.200. The third-order valence-electron chi connectivity index (χ3n) is 3.87. The van der Waals surface area contributed by atoms with Crippen LogP contribution in [-0.2, 0) is 4.79 Å². The van der Waals surface area contributed by atoms with Crippen LogP contribution in [-0.4, -0.2) is 25.7 Å². The highest BCUT2D eigenvalue weighted by molar-refractivity contribution is 6.32. The zero-order chi connectivity index (χ0) is 20.1. The first-order chi connectivity index (χ1) is 13.4. The lowest BCUT2D eigenvalue weighted by atomic mass is 10.1. The Morgan fingerprint density at radius 1 is 1.11 bits per heavy atom. The number of hydrogen-bond donors (Lipinski definition) is 1. The Morgan fingerprint density at radius 2 is 1.86 bits per heavy atom. The molecule has 1 N–H and O–H groups in total. The van der Waals surface area contributed by atoms with Crippen molar-refractivity contribution in [2.75, 3.05) is 19.8 Å². The average Bonchev–Trinajstić information content (AvgIpc) is 2.65. The number of carbonyl (C=O) groups excluding carboxylic acids is 1. The Bertz CT molecular complexity index is 1050. The highest BCUT2D eigenvalue weighted by Crippen LogP contribution is 2.30. The molecular formula is C20H17Cl2NO5. The van der Waals surface area contributed by atoms with Crippen LogP contribution >= 0.6 is 23.2 Å². The van der Waals surface area contributed by atoms with Crippen molar-refractivity contribution >= 4 is 40.1 Å². The number of nitrogens with one attached hydrogen (secondary N) is 1. The van der Waals surface area contributed by atoms with Crippen LogP contribution in [0.15, 0.2) is 51.7 Å². The molecule has 0 unspecified atom stereocenters. The summed E-state index contributed by atoms with van der Waals surface area (Å²) in [6.07, 6.45) is 0. The van der Waals surface area contributed by atoms with Gasteiger partial charge in [-0.05, 0) is 42.8 Å². The number of rotatable bonds is 7. The molecule has 0 atom stereocenters. The number of amides is 1. The molecule has 1 heterocycles. The third kappa shape index (κ3) is 5.18. The van der Waals surface area contributed by atoms with Crippen LogP contribution in [0.5, 0.6) is 11.5 Å². The summed E-state index contributed by atoms with van der Waals surface area (Å²) >= 11 is 12.0. The highest BCUT2D eigenvalue weighted by Gasteiger charge is 2.11. The summed E-state index contributed by atoms with van der Waals surface area (Å²) in [5.41, 5.74) is 0.635. The molecule has 2 aromatic carbocycles. The van der Waals surface area contributed by atoms with E-state index in [1.54, 1.807) is 37.3 Å². The lowest BCUT2D eigenvalue weighted by molar-refractivity contribution is -0.123. The molecule has 6 nitrogen and oxygen atoms in total. The summed E-state index contributed by atoms with van der Waals surface area (Å²) in [5.74, 6) is 0.590. The van der Waals surface area contributed by atoms with Gasteiger partial charge < -0.3 is 19.2 Å². The second-order valence-corrected chi connectivity index (χ2v) is 6.81. The molecule has 8 heteroatoms. The first-order valence-electron chi connectivity index (χ1n) is 8.44. The lowest BCUT2D eigenvalue weighted by Crippen LogP contribution is -2.32. The van der Waals surface area contributed by atoms with Crippen LogP contribution in [0, 0.1) is 6.92 Å². The van der Waals surface area contributed by atoms with Crippen LogP contribution in [0.2, 0.25) is 10.0 Å². The third-order valence-corrected chi connectivity index (χ3v) is 4.42. The standard InChI is InChI=1S/C20H17Cl2NO5/c1-12-8-20(25)28-17-10-18(16(22)9-15(12)17)27-11-19(24)23-6-7-26-14-4-2-13(21)3-5-14/h2-5,8-10H,6-7,11H2,1H3,(H,23,24). The van der Waals surface area contributed by atoms with Gasteiger partial charge >= 0.3 is 5.63 Å². The van der Waals surface area contributed by atoms with Gasteiger partial charge in [-0.3, -0.25) is 4.79 Å². The van der Waals surface area contributed by atoms with Gasteiger partial charge in [0.05, 0.1) is 11.6 Å². The summed E-state index contributed by atoms with van der Waals surface area (Å²) < 4.78 is 16.1. The normalized spacial score (nSPS) is 10.7. The van der Waals surface area contributed by atoms with Crippen LogP contribution in [0.4, 0.5) is 0 Å². The number of halogens is 2. The fourth-order valence-electron chi connectivity index (χ4n) is 2.51. The molecule has 0 saturated carbocycles. The largest absolute Gasteiger partial charge is 0.492 e. The van der Waals surface area contributed by atoms with Crippen molar-refractivity contribution in [3.63, 3.8) is 0 Å². The van der Waals surface area contributed by atoms with Crippen LogP contribution in [0.25, 0.3) is 11.0 Å². The number of hydrogen-bond acceptors (Lipinski definition) is 5. The quantitative estimate of drug-likeness (QED) is 0.460. The van der Waals surface area contributed by atoms with E-state index in [2.05, 4.69) is 5.32 Å². The first kappa shape index (κ1) is 20.0. The van der Waals surface area contributed by atoms with Gasteiger partial charge in [0, 0.05) is 22.5 Å². The topological polar surface area (TPSA) is 77.8 Å². The zero-order valence-electron chi connectivity index (χ0n) is 15.0. The summed E-state index contributed by atoms with van der Waals surface area (Å²) in [7, 11) is 0. The summed E-state index contributed by atoms with van der Waals surface area (Å²) in [4.78, 5) is 23.4. The van der Waals surface area contributed by atoms with Crippen LogP contribution in [0.3, 0.4) is 0 Å². The van der Waals surface area contributed by atoms with Crippen LogP contribution in [0.1, 0.15) is 5.56 Å². The molecule has 0 saturated heterocycles. The number of carbonyl (C=O) groups is 1. The Labute approximate surface area is 171 Å². The van der Waals surface area contributed by atoms with Gasteiger partial charge in [-0.25, -0.2) is 4.79 Å². The molecular weight excluding hydrogens is 405 g/mol. The molecule has 3 aromatic rings. The predicted molar refractivity (Wildman–Crippen MR) is 108 cm³/mol. The average molecular weight is 422 g/mol. The monoisotopic (exact) mass is 421 g/mol. The van der Waals surface area contributed by atoms with Crippen molar-refractivity contribution in [1.82, 2.24) is 5.32 Å². The van der Waals surface area contributed by atoms with Gasteiger partial charge in [0.2, 0.25) is 0 Å². The Morgan fingerprint density at radius 3 is 2.61 bits per heavy atom. The van der Waals surface area contributed by atoms with E-state index >= 15 is 0 Å².